The van der Waals surface area contributed by atoms with Crippen molar-refractivity contribution in [3.8, 4) is 5.75 Å². The molecule has 2 atom stereocenters. The molecule has 0 aromatic heterocycles. The van der Waals surface area contributed by atoms with Crippen LogP contribution in [0.25, 0.3) is 0 Å². The molecule has 1 amide bonds. The number of nitrogens with one attached hydrogen (secondary N) is 1. The third-order valence-electron chi connectivity index (χ3n) is 4.20. The molecule has 2 aliphatic rings. The number of nitrogens with zero attached hydrogens (tertiary/aromatic N) is 1. The number of halogens is 1. The zero-order valence-corrected chi connectivity index (χ0v) is 13.0. The fourth-order valence-corrected chi connectivity index (χ4v) is 3.35. The molecular weight excluding hydrogens is 288 g/mol. The second kappa shape index (κ2) is 6.24. The van der Waals surface area contributed by atoms with Crippen LogP contribution in [0.1, 0.15) is 25.3 Å². The van der Waals surface area contributed by atoms with Crippen molar-refractivity contribution >= 4 is 17.5 Å². The van der Waals surface area contributed by atoms with Crippen molar-refractivity contribution in [1.82, 2.24) is 10.2 Å². The van der Waals surface area contributed by atoms with E-state index in [9.17, 15) is 4.79 Å². The quantitative estimate of drug-likeness (QED) is 0.927. The Morgan fingerprint density at radius 3 is 3.10 bits per heavy atom. The lowest BCUT2D eigenvalue weighted by Gasteiger charge is -2.30. The molecule has 21 heavy (non-hydrogen) atoms. The van der Waals surface area contributed by atoms with E-state index in [1.54, 1.807) is 6.07 Å². The SMILES string of the molecule is CCCN(C(=O)C1Cc2cc(Cl)ccc2O1)C1CCNC1. The number of fused-ring (bicyclic) bond motifs is 1. The van der Waals surface area contributed by atoms with Crippen LogP contribution in [0.5, 0.6) is 5.75 Å². The Balaban J connectivity index is 1.72. The molecule has 5 heteroatoms. The number of rotatable bonds is 4. The molecule has 0 spiro atoms. The van der Waals surface area contributed by atoms with Gasteiger partial charge in [0.05, 0.1) is 0 Å². The van der Waals surface area contributed by atoms with E-state index in [4.69, 9.17) is 16.3 Å². The molecule has 0 aliphatic carbocycles. The van der Waals surface area contributed by atoms with Gasteiger partial charge in [0.15, 0.2) is 6.10 Å². The highest BCUT2D eigenvalue weighted by Gasteiger charge is 2.35. The normalized spacial score (nSPS) is 23.7. The van der Waals surface area contributed by atoms with Crippen LogP contribution < -0.4 is 10.1 Å². The van der Waals surface area contributed by atoms with E-state index in [2.05, 4.69) is 12.2 Å². The van der Waals surface area contributed by atoms with Crippen molar-refractivity contribution in [3.05, 3.63) is 28.8 Å². The number of hydrogen-bond acceptors (Lipinski definition) is 3. The second-order valence-corrected chi connectivity index (χ2v) is 6.18. The summed E-state index contributed by atoms with van der Waals surface area (Å²) in [5, 5.41) is 4.02. The number of benzene rings is 1. The van der Waals surface area contributed by atoms with E-state index in [0.29, 0.717) is 17.5 Å². The van der Waals surface area contributed by atoms with Crippen molar-refractivity contribution in [1.29, 1.82) is 0 Å². The van der Waals surface area contributed by atoms with Crippen LogP contribution >= 0.6 is 11.6 Å². The summed E-state index contributed by atoms with van der Waals surface area (Å²) in [7, 11) is 0. The first-order chi connectivity index (χ1) is 10.2. The lowest BCUT2D eigenvalue weighted by Crippen LogP contribution is -2.48. The maximum absolute atomic E-state index is 12.8. The first-order valence-electron chi connectivity index (χ1n) is 7.65. The van der Waals surface area contributed by atoms with Gasteiger partial charge in [-0.2, -0.15) is 0 Å². The molecule has 1 aromatic carbocycles. The van der Waals surface area contributed by atoms with E-state index < -0.39 is 6.10 Å². The van der Waals surface area contributed by atoms with Gasteiger partial charge in [-0.1, -0.05) is 18.5 Å². The summed E-state index contributed by atoms with van der Waals surface area (Å²) in [6, 6.07) is 5.85. The summed E-state index contributed by atoms with van der Waals surface area (Å²) in [6.07, 6.45) is 2.21. The van der Waals surface area contributed by atoms with Crippen LogP contribution in [0.15, 0.2) is 18.2 Å². The summed E-state index contributed by atoms with van der Waals surface area (Å²) in [5.74, 6) is 0.900. The predicted octanol–water partition coefficient (Wildman–Crippen LogP) is 2.24. The molecule has 1 fully saturated rings. The van der Waals surface area contributed by atoms with Crippen LogP contribution in [0, 0.1) is 0 Å². The first-order valence-corrected chi connectivity index (χ1v) is 8.03. The monoisotopic (exact) mass is 308 g/mol. The van der Waals surface area contributed by atoms with Gasteiger partial charge in [0, 0.05) is 30.6 Å². The zero-order valence-electron chi connectivity index (χ0n) is 12.3. The van der Waals surface area contributed by atoms with Gasteiger partial charge in [-0.15, -0.1) is 0 Å². The van der Waals surface area contributed by atoms with Gasteiger partial charge in [-0.25, -0.2) is 0 Å². The summed E-state index contributed by atoms with van der Waals surface area (Å²) in [5.41, 5.74) is 1.03. The molecular formula is C16H21ClN2O2. The Labute approximate surface area is 130 Å². The third kappa shape index (κ3) is 3.01. The molecule has 1 N–H and O–H groups in total. The lowest BCUT2D eigenvalue weighted by atomic mass is 10.1. The molecule has 2 unspecified atom stereocenters. The average Bonchev–Trinajstić information content (AvgIpc) is 3.12. The molecule has 1 aromatic rings. The van der Waals surface area contributed by atoms with Crippen LogP contribution in [-0.2, 0) is 11.2 Å². The molecule has 0 bridgehead atoms. The minimum absolute atomic E-state index is 0.109. The Hall–Kier alpha value is -1.26. The summed E-state index contributed by atoms with van der Waals surface area (Å²) >= 11 is 6.01. The van der Waals surface area contributed by atoms with Crippen molar-refractivity contribution in [3.63, 3.8) is 0 Å². The highest BCUT2D eigenvalue weighted by atomic mass is 35.5. The van der Waals surface area contributed by atoms with Crippen molar-refractivity contribution in [2.45, 2.75) is 38.3 Å². The van der Waals surface area contributed by atoms with Crippen LogP contribution in [0.4, 0.5) is 0 Å². The van der Waals surface area contributed by atoms with Crippen molar-refractivity contribution in [2.24, 2.45) is 0 Å². The Morgan fingerprint density at radius 2 is 2.38 bits per heavy atom. The highest BCUT2D eigenvalue weighted by molar-refractivity contribution is 6.30. The fraction of sp³-hybridized carbons (Fsp3) is 0.562. The summed E-state index contributed by atoms with van der Waals surface area (Å²) in [6.45, 7) is 4.77. The lowest BCUT2D eigenvalue weighted by molar-refractivity contribution is -0.140. The van der Waals surface area contributed by atoms with Gasteiger partial charge in [-0.05, 0) is 43.1 Å². The molecule has 1 saturated heterocycles. The Bertz CT molecular complexity index is 529. The van der Waals surface area contributed by atoms with Gasteiger partial charge in [0.2, 0.25) is 0 Å². The van der Waals surface area contributed by atoms with Gasteiger partial charge < -0.3 is 15.0 Å². The molecule has 2 aliphatic heterocycles. The third-order valence-corrected chi connectivity index (χ3v) is 4.43. The summed E-state index contributed by atoms with van der Waals surface area (Å²) < 4.78 is 5.84. The van der Waals surface area contributed by atoms with Crippen molar-refractivity contribution < 1.29 is 9.53 Å². The standard InChI is InChI=1S/C16H21ClN2O2/c1-2-7-19(13-5-6-18-10-13)16(20)15-9-11-8-12(17)3-4-14(11)21-15/h3-4,8,13,15,18H,2,5-7,9-10H2,1H3. The van der Waals surface area contributed by atoms with Crippen molar-refractivity contribution in [2.75, 3.05) is 19.6 Å². The molecule has 0 saturated carbocycles. The predicted molar refractivity (Wildman–Crippen MR) is 82.9 cm³/mol. The maximum Gasteiger partial charge on any atom is 0.264 e. The highest BCUT2D eigenvalue weighted by Crippen LogP contribution is 2.32. The second-order valence-electron chi connectivity index (χ2n) is 5.74. The largest absolute Gasteiger partial charge is 0.480 e. The first kappa shape index (κ1) is 14.7. The number of hydrogen-bond donors (Lipinski definition) is 1. The Morgan fingerprint density at radius 1 is 1.52 bits per heavy atom. The van der Waals surface area contributed by atoms with E-state index >= 15 is 0 Å². The molecule has 3 rings (SSSR count). The van der Waals surface area contributed by atoms with Crippen LogP contribution in [0.3, 0.4) is 0 Å². The maximum atomic E-state index is 12.8. The number of carbonyl (C=O) groups is 1. The Kier molecular flexibility index (Phi) is 4.36. The van der Waals surface area contributed by atoms with Crippen LogP contribution in [0.2, 0.25) is 5.02 Å². The molecule has 0 radical (unpaired) electrons. The minimum Gasteiger partial charge on any atom is -0.480 e. The molecule has 4 nitrogen and oxygen atoms in total. The van der Waals surface area contributed by atoms with E-state index in [1.165, 1.54) is 0 Å². The molecule has 2 heterocycles. The van der Waals surface area contributed by atoms with Gasteiger partial charge in [0.1, 0.15) is 5.75 Å². The summed E-state index contributed by atoms with van der Waals surface area (Å²) in [4.78, 5) is 14.8. The number of amides is 1. The number of ether oxygens (including phenoxy) is 1. The fourth-order valence-electron chi connectivity index (χ4n) is 3.16. The smallest absolute Gasteiger partial charge is 0.264 e. The topological polar surface area (TPSA) is 41.6 Å². The van der Waals surface area contributed by atoms with Gasteiger partial charge in [-0.3, -0.25) is 4.79 Å². The van der Waals surface area contributed by atoms with Crippen LogP contribution in [-0.4, -0.2) is 42.6 Å². The minimum atomic E-state index is -0.398. The average molecular weight is 309 g/mol. The number of carbonyl (C=O) groups excluding carboxylic acids is 1. The molecule has 114 valence electrons. The van der Waals surface area contributed by atoms with E-state index in [1.807, 2.05) is 17.0 Å². The van der Waals surface area contributed by atoms with Gasteiger partial charge in [0.25, 0.3) is 5.91 Å². The van der Waals surface area contributed by atoms with E-state index in [0.717, 1.165) is 43.8 Å². The van der Waals surface area contributed by atoms with E-state index in [-0.39, 0.29) is 5.91 Å². The van der Waals surface area contributed by atoms with Gasteiger partial charge >= 0.3 is 0 Å². The zero-order chi connectivity index (χ0) is 14.8.